The molecule has 1 rings (SSSR count). The van der Waals surface area contributed by atoms with E-state index in [1.165, 1.54) is 0 Å². The van der Waals surface area contributed by atoms with Crippen LogP contribution in [0, 0.1) is 27.6 Å². The van der Waals surface area contributed by atoms with Crippen LogP contribution in [0.25, 0.3) is 0 Å². The molecule has 0 aliphatic carbocycles. The maximum absolute atomic E-state index is 12.9. The van der Waals surface area contributed by atoms with Gasteiger partial charge in [0, 0.05) is 29.0 Å². The van der Waals surface area contributed by atoms with E-state index in [2.05, 4.69) is 0 Å². The summed E-state index contributed by atoms with van der Waals surface area (Å²) < 4.78 is 38.1. The van der Waals surface area contributed by atoms with Crippen LogP contribution < -0.4 is 0 Å². The molecule has 3 nitrogen and oxygen atoms in total. The average Bonchev–Trinajstić information content (AvgIpc) is 2.01. The Morgan fingerprint density at radius 1 is 1.21 bits per heavy atom. The van der Waals surface area contributed by atoms with Crippen LogP contribution >= 0.6 is 0 Å². The van der Waals surface area contributed by atoms with E-state index in [1.807, 2.05) is 0 Å². The molecule has 0 aliphatic rings. The Kier molecular flexibility index (Phi) is 3.06. The SMILES string of the molecule is O=[N+]([O-])CCc1c(F)cc(F)cc1F. The van der Waals surface area contributed by atoms with Gasteiger partial charge in [-0.25, -0.2) is 13.2 Å². The van der Waals surface area contributed by atoms with Gasteiger partial charge in [-0.15, -0.1) is 0 Å². The monoisotopic (exact) mass is 205 g/mol. The van der Waals surface area contributed by atoms with Crippen LogP contribution in [0.5, 0.6) is 0 Å². The fourth-order valence-corrected chi connectivity index (χ4v) is 1.01. The van der Waals surface area contributed by atoms with E-state index < -0.39 is 34.5 Å². The topological polar surface area (TPSA) is 43.1 Å². The third-order valence-electron chi connectivity index (χ3n) is 1.65. The number of rotatable bonds is 3. The molecule has 76 valence electrons. The van der Waals surface area contributed by atoms with Crippen LogP contribution in [0.1, 0.15) is 5.56 Å². The van der Waals surface area contributed by atoms with Crippen LogP contribution in [-0.2, 0) is 6.42 Å². The van der Waals surface area contributed by atoms with Gasteiger partial charge in [0.2, 0.25) is 6.54 Å². The molecular formula is C8H6F3NO2. The summed E-state index contributed by atoms with van der Waals surface area (Å²) in [6.07, 6.45) is -0.384. The Bertz CT molecular complexity index is 345. The van der Waals surface area contributed by atoms with Gasteiger partial charge in [-0.05, 0) is 0 Å². The van der Waals surface area contributed by atoms with E-state index in [0.717, 1.165) is 0 Å². The van der Waals surface area contributed by atoms with Gasteiger partial charge < -0.3 is 0 Å². The first kappa shape index (κ1) is 10.5. The summed E-state index contributed by atoms with van der Waals surface area (Å²) in [5.74, 6) is -3.22. The molecule has 1 aromatic carbocycles. The van der Waals surface area contributed by atoms with Gasteiger partial charge in [0.1, 0.15) is 17.5 Å². The summed E-state index contributed by atoms with van der Waals surface area (Å²) in [5, 5.41) is 9.95. The molecule has 0 N–H and O–H groups in total. The van der Waals surface area contributed by atoms with E-state index in [-0.39, 0.29) is 6.42 Å². The molecule has 0 aliphatic heterocycles. The maximum atomic E-state index is 12.9. The van der Waals surface area contributed by atoms with Crippen molar-refractivity contribution in [2.75, 3.05) is 6.54 Å². The van der Waals surface area contributed by atoms with Crippen molar-refractivity contribution in [2.24, 2.45) is 0 Å². The minimum Gasteiger partial charge on any atom is -0.265 e. The van der Waals surface area contributed by atoms with Crippen LogP contribution in [-0.4, -0.2) is 11.5 Å². The van der Waals surface area contributed by atoms with Gasteiger partial charge in [0.15, 0.2) is 0 Å². The van der Waals surface area contributed by atoms with Crippen molar-refractivity contribution in [2.45, 2.75) is 6.42 Å². The maximum Gasteiger partial charge on any atom is 0.208 e. The van der Waals surface area contributed by atoms with Gasteiger partial charge in [-0.1, -0.05) is 0 Å². The molecular weight excluding hydrogens is 199 g/mol. The zero-order chi connectivity index (χ0) is 10.7. The lowest BCUT2D eigenvalue weighted by Gasteiger charge is -2.01. The molecule has 0 saturated heterocycles. The van der Waals surface area contributed by atoms with Crippen molar-refractivity contribution in [3.63, 3.8) is 0 Å². The zero-order valence-electron chi connectivity index (χ0n) is 6.97. The van der Waals surface area contributed by atoms with E-state index in [0.29, 0.717) is 12.1 Å². The Morgan fingerprint density at radius 3 is 2.14 bits per heavy atom. The van der Waals surface area contributed by atoms with E-state index in [1.54, 1.807) is 0 Å². The second-order valence-electron chi connectivity index (χ2n) is 2.65. The van der Waals surface area contributed by atoms with Gasteiger partial charge in [0.05, 0.1) is 0 Å². The fraction of sp³-hybridized carbons (Fsp3) is 0.250. The highest BCUT2D eigenvalue weighted by Crippen LogP contribution is 2.15. The van der Waals surface area contributed by atoms with Crippen molar-refractivity contribution < 1.29 is 18.1 Å². The lowest BCUT2D eigenvalue weighted by Crippen LogP contribution is -2.07. The molecule has 0 aromatic heterocycles. The third kappa shape index (κ3) is 2.45. The standard InChI is InChI=1S/C8H6F3NO2/c9-5-3-7(10)6(8(11)4-5)1-2-12(13)14/h3-4H,1-2H2. The van der Waals surface area contributed by atoms with Crippen molar-refractivity contribution in [3.8, 4) is 0 Å². The predicted molar refractivity (Wildman–Crippen MR) is 41.9 cm³/mol. The molecule has 0 unspecified atom stereocenters. The molecule has 1 aromatic rings. The van der Waals surface area contributed by atoms with E-state index >= 15 is 0 Å². The Labute approximate surface area is 77.3 Å². The first-order valence-corrected chi connectivity index (χ1v) is 3.76. The molecule has 0 saturated carbocycles. The summed E-state index contributed by atoms with van der Waals surface area (Å²) in [4.78, 5) is 9.26. The van der Waals surface area contributed by atoms with Crippen LogP contribution in [0.3, 0.4) is 0 Å². The smallest absolute Gasteiger partial charge is 0.208 e. The van der Waals surface area contributed by atoms with E-state index in [4.69, 9.17) is 0 Å². The van der Waals surface area contributed by atoms with Crippen molar-refractivity contribution in [3.05, 3.63) is 45.3 Å². The van der Waals surface area contributed by atoms with Gasteiger partial charge in [-0.2, -0.15) is 0 Å². The highest BCUT2D eigenvalue weighted by molar-refractivity contribution is 5.20. The minimum atomic E-state index is -1.09. The summed E-state index contributed by atoms with van der Waals surface area (Å²) in [5.41, 5.74) is -0.455. The quantitative estimate of drug-likeness (QED) is 0.558. The second kappa shape index (κ2) is 4.08. The molecule has 0 radical (unpaired) electrons. The molecule has 0 heterocycles. The highest BCUT2D eigenvalue weighted by Gasteiger charge is 2.13. The number of benzene rings is 1. The molecule has 0 amide bonds. The predicted octanol–water partition coefficient (Wildman–Crippen LogP) is 1.92. The molecule has 0 atom stereocenters. The number of nitrogens with zero attached hydrogens (tertiary/aromatic N) is 1. The normalized spacial score (nSPS) is 10.2. The minimum absolute atomic E-state index is 0.384. The Hall–Kier alpha value is -1.59. The Morgan fingerprint density at radius 2 is 1.71 bits per heavy atom. The molecule has 0 spiro atoms. The summed E-state index contributed by atoms with van der Waals surface area (Å²) >= 11 is 0. The summed E-state index contributed by atoms with van der Waals surface area (Å²) in [7, 11) is 0. The van der Waals surface area contributed by atoms with Gasteiger partial charge in [-0.3, -0.25) is 10.1 Å². The second-order valence-corrected chi connectivity index (χ2v) is 2.65. The number of nitro groups is 1. The zero-order valence-corrected chi connectivity index (χ0v) is 6.97. The number of halogens is 3. The lowest BCUT2D eigenvalue weighted by atomic mass is 10.1. The molecule has 0 fully saturated rings. The van der Waals surface area contributed by atoms with Gasteiger partial charge in [0.25, 0.3) is 0 Å². The van der Waals surface area contributed by atoms with Crippen LogP contribution in [0.4, 0.5) is 13.2 Å². The summed E-state index contributed by atoms with van der Waals surface area (Å²) in [6, 6.07) is 0.997. The molecule has 0 bridgehead atoms. The van der Waals surface area contributed by atoms with Crippen molar-refractivity contribution >= 4 is 0 Å². The van der Waals surface area contributed by atoms with Crippen LogP contribution in [0.15, 0.2) is 12.1 Å². The third-order valence-corrected chi connectivity index (χ3v) is 1.65. The largest absolute Gasteiger partial charge is 0.265 e. The Balaban J connectivity index is 2.91. The molecule has 14 heavy (non-hydrogen) atoms. The van der Waals surface area contributed by atoms with Crippen molar-refractivity contribution in [1.82, 2.24) is 0 Å². The first-order chi connectivity index (χ1) is 6.50. The van der Waals surface area contributed by atoms with E-state index in [9.17, 15) is 23.3 Å². The number of hydrogen-bond donors (Lipinski definition) is 0. The first-order valence-electron chi connectivity index (χ1n) is 3.76. The van der Waals surface area contributed by atoms with Crippen LogP contribution in [0.2, 0.25) is 0 Å². The molecule has 6 heteroatoms. The average molecular weight is 205 g/mol. The number of hydrogen-bond acceptors (Lipinski definition) is 2. The lowest BCUT2D eigenvalue weighted by molar-refractivity contribution is -0.479. The summed E-state index contributed by atoms with van der Waals surface area (Å²) in [6.45, 7) is -0.584. The van der Waals surface area contributed by atoms with Crippen molar-refractivity contribution in [1.29, 1.82) is 0 Å². The van der Waals surface area contributed by atoms with Gasteiger partial charge >= 0.3 is 0 Å². The highest BCUT2D eigenvalue weighted by atomic mass is 19.1. The fourth-order valence-electron chi connectivity index (χ4n) is 1.01.